The molecule has 4 unspecified atom stereocenters. The molecule has 2 aromatic heterocycles. The Labute approximate surface area is 581 Å². The maximum absolute atomic E-state index is 10.8. The third-order valence-electron chi connectivity index (χ3n) is 21.0. The largest absolute Gasteiger partial charge is 0.334 e. The normalized spacial score (nSPS) is 21.0. The topological polar surface area (TPSA) is 44.5 Å². The second kappa shape index (κ2) is 22.7. The van der Waals surface area contributed by atoms with E-state index < -0.39 is 115 Å². The Morgan fingerprint density at radius 3 is 1.76 bits per heavy atom. The van der Waals surface area contributed by atoms with Crippen LogP contribution in [0.4, 0.5) is 28.4 Å². The minimum Gasteiger partial charge on any atom is -0.334 e. The van der Waals surface area contributed by atoms with E-state index in [1.165, 1.54) is 11.1 Å². The van der Waals surface area contributed by atoms with Crippen LogP contribution in [0.3, 0.4) is 0 Å². The lowest BCUT2D eigenvalue weighted by Gasteiger charge is -2.53. The standard InChI is InChI=1S/C88H77BN6/c1-87(2,3)61-49-70(57-26-10-8-11-27-57)85(72(51-61)59-30-22-25-56(47-59)55-90)94-80-41-24-42-81-84(80)89(74-45-43-64(53-82(74)94)92-76-37-18-14-33-66(76)67-34-15-19-38-77(67)92)75-46-44-65(93-78-39-20-16-35-68(78)69-36-17-21-40-79(69)93)54-83(75)95(81)86-71(58-28-12-9-13-29-58)50-62(88(4,5)6)52-73(86)60-31-23-32-63(48-60)91-7/h8,10-11,14-22,24-28,30,32-47,49,51-54,60,62,71,86H,9,12-13,23,29,31,48,50H2,1-6H3/i14D,15D,16D,17D,18D,19D,20D,21D,33D,34D,35D,36D,37D,38D,39D,40D. The van der Waals surface area contributed by atoms with Crippen molar-refractivity contribution in [2.45, 2.75) is 104 Å². The molecule has 95 heavy (non-hydrogen) atoms. The number of benzene rings is 10. The van der Waals surface area contributed by atoms with Crippen molar-refractivity contribution in [1.29, 1.82) is 5.26 Å². The predicted molar refractivity (Wildman–Crippen MR) is 399 cm³/mol. The Hall–Kier alpha value is -10.3. The lowest BCUT2D eigenvalue weighted by atomic mass is 9.33. The molecule has 462 valence electrons. The van der Waals surface area contributed by atoms with Crippen LogP contribution in [0.15, 0.2) is 253 Å². The van der Waals surface area contributed by atoms with Gasteiger partial charge in [0, 0.05) is 72.7 Å². The molecule has 4 atom stereocenters. The highest BCUT2D eigenvalue weighted by Crippen LogP contribution is 2.55. The number of anilines is 5. The van der Waals surface area contributed by atoms with Gasteiger partial charge in [-0.2, -0.15) is 5.26 Å². The van der Waals surface area contributed by atoms with Crippen molar-refractivity contribution in [2.75, 3.05) is 9.80 Å². The number of nitriles is 1. The molecule has 7 heteroatoms. The summed E-state index contributed by atoms with van der Waals surface area (Å²) in [6, 6.07) is 34.1. The molecular formula is C88H77BN6. The number of allylic oxidation sites excluding steroid dienone is 4. The zero-order valence-corrected chi connectivity index (χ0v) is 54.0. The van der Waals surface area contributed by atoms with Crippen LogP contribution >= 0.6 is 0 Å². The molecule has 0 radical (unpaired) electrons. The molecule has 5 aliphatic rings. The Kier molecular flexibility index (Phi) is 10.4. The predicted octanol–water partition coefficient (Wildman–Crippen LogP) is 21.2. The molecule has 17 rings (SSSR count). The number of hydrogen-bond acceptors (Lipinski definition) is 3. The zero-order valence-electron chi connectivity index (χ0n) is 70.0. The summed E-state index contributed by atoms with van der Waals surface area (Å²) in [4.78, 5) is 8.92. The van der Waals surface area contributed by atoms with Gasteiger partial charge in [0.15, 0.2) is 5.70 Å². The third kappa shape index (κ3) is 9.55. The zero-order chi connectivity index (χ0) is 78.4. The first-order valence-corrected chi connectivity index (χ1v) is 33.2. The lowest BCUT2D eigenvalue weighted by molar-refractivity contribution is 0.220. The quantitative estimate of drug-likeness (QED) is 0.0865. The minimum atomic E-state index is -0.714. The number of hydrogen-bond donors (Lipinski definition) is 0. The molecule has 0 saturated heterocycles. The van der Waals surface area contributed by atoms with Gasteiger partial charge in [0.1, 0.15) is 0 Å². The molecule has 12 aromatic rings. The summed E-state index contributed by atoms with van der Waals surface area (Å²) >= 11 is 0. The Bertz CT molecular complexity index is 6150. The van der Waals surface area contributed by atoms with Crippen molar-refractivity contribution >= 4 is 95.1 Å². The highest BCUT2D eigenvalue weighted by atomic mass is 15.2. The number of rotatable bonds is 8. The fourth-order valence-corrected chi connectivity index (χ4v) is 16.4. The SMILES string of the molecule is [2H]c1c([2H])c([2H])c2c(c1[2H])c1c([2H])c([2H])c([2H])c([2H])c1n2-c1ccc2c(c1)N(c1c(-c3ccccc3)cc(C(C)(C)C)cc1-c1cccc(C#N)c1)c1cccc3c1B2c1ccc(-n2c4c([2H])c([2H])c([2H])c([2H])c4c4c([2H])c([2H])c([2H])c([2H])c42)cc1N3C1C(C2CCC=C([N+]#[C-])C2)=CC(C(C)(C)C)CC1C1=CCCCC1. The van der Waals surface area contributed by atoms with Gasteiger partial charge in [0.2, 0.25) is 0 Å². The second-order valence-corrected chi connectivity index (χ2v) is 28.4. The summed E-state index contributed by atoms with van der Waals surface area (Å²) in [6.45, 7) is 21.2. The van der Waals surface area contributed by atoms with E-state index in [2.05, 4.69) is 123 Å². The van der Waals surface area contributed by atoms with Crippen molar-refractivity contribution < 1.29 is 21.9 Å². The van der Waals surface area contributed by atoms with Crippen molar-refractivity contribution in [2.24, 2.45) is 23.2 Å². The van der Waals surface area contributed by atoms with Gasteiger partial charge in [-0.1, -0.05) is 199 Å². The van der Waals surface area contributed by atoms with Crippen LogP contribution in [-0.4, -0.2) is 21.9 Å². The number of para-hydroxylation sites is 4. The van der Waals surface area contributed by atoms with Crippen molar-refractivity contribution in [3.8, 4) is 39.7 Å². The van der Waals surface area contributed by atoms with Crippen LogP contribution in [0, 0.1) is 41.1 Å². The van der Waals surface area contributed by atoms with Crippen LogP contribution in [0.1, 0.15) is 126 Å². The number of aromatic nitrogens is 2. The van der Waals surface area contributed by atoms with E-state index in [-0.39, 0.29) is 66.8 Å². The third-order valence-corrected chi connectivity index (χ3v) is 21.0. The molecular weight excluding hydrogens is 1150 g/mol. The van der Waals surface area contributed by atoms with Gasteiger partial charge in [-0.05, 0) is 198 Å². The van der Waals surface area contributed by atoms with Crippen LogP contribution in [0.2, 0.25) is 0 Å². The monoisotopic (exact) mass is 1240 g/mol. The first-order valence-electron chi connectivity index (χ1n) is 41.2. The summed E-state index contributed by atoms with van der Waals surface area (Å²) in [6.07, 6.45) is 13.6. The van der Waals surface area contributed by atoms with E-state index in [0.29, 0.717) is 52.5 Å². The average Bonchev–Trinajstić information content (AvgIpc) is 1.07. The van der Waals surface area contributed by atoms with E-state index in [1.54, 1.807) is 15.2 Å². The molecule has 10 aromatic carbocycles. The first kappa shape index (κ1) is 43.5. The fraction of sp³-hybridized carbons (Fsp3) is 0.227. The van der Waals surface area contributed by atoms with Gasteiger partial charge in [-0.25, -0.2) is 4.85 Å². The second-order valence-electron chi connectivity index (χ2n) is 28.4. The van der Waals surface area contributed by atoms with Crippen LogP contribution < -0.4 is 26.2 Å². The average molecular weight is 1250 g/mol. The lowest BCUT2D eigenvalue weighted by Crippen LogP contribution is -2.64. The van der Waals surface area contributed by atoms with E-state index in [4.69, 9.17) is 12.1 Å². The number of fused-ring (bicyclic) bond motifs is 10. The molecule has 0 bridgehead atoms. The molecule has 4 heterocycles. The summed E-state index contributed by atoms with van der Waals surface area (Å²) in [5.41, 5.74) is 13.7. The molecule has 6 nitrogen and oxygen atoms in total. The van der Waals surface area contributed by atoms with Crippen LogP contribution in [0.5, 0.6) is 0 Å². The van der Waals surface area contributed by atoms with Gasteiger partial charge in [-0.15, -0.1) is 0 Å². The van der Waals surface area contributed by atoms with Crippen molar-refractivity contribution in [1.82, 2.24) is 9.13 Å². The maximum Gasteiger partial charge on any atom is 0.252 e. The van der Waals surface area contributed by atoms with Gasteiger partial charge in [-0.3, -0.25) is 0 Å². The molecule has 2 aliphatic heterocycles. The highest BCUT2D eigenvalue weighted by molar-refractivity contribution is 7.00. The summed E-state index contributed by atoms with van der Waals surface area (Å²) in [5.74, 6) is -0.117. The number of nitrogens with zero attached hydrogens (tertiary/aromatic N) is 6. The first-order chi connectivity index (χ1) is 53.0. The van der Waals surface area contributed by atoms with Crippen molar-refractivity contribution in [3.05, 3.63) is 276 Å². The van der Waals surface area contributed by atoms with Gasteiger partial charge in [0.25, 0.3) is 6.71 Å². The Morgan fingerprint density at radius 1 is 0.589 bits per heavy atom. The molecule has 0 fully saturated rings. The van der Waals surface area contributed by atoms with Gasteiger partial charge in [0.05, 0.1) is 73.9 Å². The van der Waals surface area contributed by atoms with Crippen LogP contribution in [-0.2, 0) is 5.41 Å². The highest BCUT2D eigenvalue weighted by Gasteiger charge is 2.50. The molecule has 0 amide bonds. The molecule has 0 N–H and O–H groups in total. The van der Waals surface area contributed by atoms with Crippen LogP contribution in [0.25, 0.3) is 82.1 Å². The van der Waals surface area contributed by atoms with E-state index in [0.717, 1.165) is 94.1 Å². The fourth-order valence-electron chi connectivity index (χ4n) is 16.4. The van der Waals surface area contributed by atoms with E-state index in [1.807, 2.05) is 72.8 Å². The van der Waals surface area contributed by atoms with E-state index >= 15 is 0 Å². The summed E-state index contributed by atoms with van der Waals surface area (Å²) in [5, 5.41) is 10.5. The maximum atomic E-state index is 10.8. The summed E-state index contributed by atoms with van der Waals surface area (Å²) in [7, 11) is 0. The van der Waals surface area contributed by atoms with Crippen molar-refractivity contribution in [3.63, 3.8) is 0 Å². The van der Waals surface area contributed by atoms with E-state index in [9.17, 15) is 21.7 Å². The Balaban J connectivity index is 1.06. The summed E-state index contributed by atoms with van der Waals surface area (Å²) < 4.78 is 153. The molecule has 0 saturated carbocycles. The minimum absolute atomic E-state index is 0.0288. The molecule has 3 aliphatic carbocycles. The smallest absolute Gasteiger partial charge is 0.252 e. The van der Waals surface area contributed by atoms with Gasteiger partial charge >= 0.3 is 0 Å². The van der Waals surface area contributed by atoms with Gasteiger partial charge < -0.3 is 18.9 Å². The Morgan fingerprint density at radius 2 is 1.17 bits per heavy atom. The molecule has 0 spiro atoms.